The van der Waals surface area contributed by atoms with Gasteiger partial charge < -0.3 is 15.7 Å². The summed E-state index contributed by atoms with van der Waals surface area (Å²) < 4.78 is 0. The smallest absolute Gasteiger partial charge is 0.249 e. The van der Waals surface area contributed by atoms with E-state index in [2.05, 4.69) is 15.6 Å². The summed E-state index contributed by atoms with van der Waals surface area (Å²) in [5.74, 6) is -0.260. The predicted octanol–water partition coefficient (Wildman–Crippen LogP) is 4.72. The van der Waals surface area contributed by atoms with Crippen molar-refractivity contribution in [2.24, 2.45) is 0 Å². The van der Waals surface area contributed by atoms with E-state index in [0.717, 1.165) is 47.8 Å². The Bertz CT molecular complexity index is 1020. The monoisotopic (exact) mass is 437 g/mol. The molecule has 0 bridgehead atoms. The molecule has 1 aliphatic carbocycles. The van der Waals surface area contributed by atoms with E-state index >= 15 is 0 Å². The van der Waals surface area contributed by atoms with E-state index in [-0.39, 0.29) is 11.9 Å². The number of rotatable bonds is 7. The molecule has 162 valence electrons. The lowest BCUT2D eigenvalue weighted by Crippen LogP contribution is -2.44. The maximum absolute atomic E-state index is 12.4. The third-order valence-corrected chi connectivity index (χ3v) is 6.22. The van der Waals surface area contributed by atoms with Crippen LogP contribution in [0.4, 0.5) is 5.69 Å². The number of carbonyl (C=O) groups is 1. The molecule has 1 aromatic heterocycles. The van der Waals surface area contributed by atoms with Crippen LogP contribution in [0.25, 0.3) is 10.9 Å². The van der Waals surface area contributed by atoms with Crippen molar-refractivity contribution in [2.45, 2.75) is 56.7 Å². The van der Waals surface area contributed by atoms with Crippen molar-refractivity contribution in [3.05, 3.63) is 71.4 Å². The Hall–Kier alpha value is -2.63. The van der Waals surface area contributed by atoms with E-state index in [1.807, 2.05) is 54.6 Å². The minimum atomic E-state index is -0.967. The van der Waals surface area contributed by atoms with Crippen LogP contribution >= 0.6 is 11.6 Å². The van der Waals surface area contributed by atoms with Gasteiger partial charge in [0, 0.05) is 34.4 Å². The average Bonchev–Trinajstić information content (AvgIpc) is 2.79. The van der Waals surface area contributed by atoms with Crippen molar-refractivity contribution in [1.29, 1.82) is 0 Å². The highest BCUT2D eigenvalue weighted by molar-refractivity contribution is 6.31. The molecule has 4 rings (SSSR count). The van der Waals surface area contributed by atoms with E-state index in [9.17, 15) is 9.90 Å². The Kier molecular flexibility index (Phi) is 7.05. The standard InChI is InChI=1S/C25H28ClN3O2/c26-18-7-12-21-22(14-15-27-23(21)16-18)28-19-8-10-20(11-9-19)29-25(31)24(30)13-6-17-4-2-1-3-5-17/h1-5,7,12,14-16,19-20,24,30H,6,8-11,13H2,(H,27,28)(H,29,31)/t19?,20?,24-/m1/s1. The molecule has 0 saturated heterocycles. The van der Waals surface area contributed by atoms with Crippen molar-refractivity contribution in [3.8, 4) is 0 Å². The number of hydrogen-bond acceptors (Lipinski definition) is 4. The Morgan fingerprint density at radius 3 is 2.58 bits per heavy atom. The normalized spacial score (nSPS) is 19.7. The first-order chi connectivity index (χ1) is 15.1. The number of aryl methyl sites for hydroxylation is 1. The summed E-state index contributed by atoms with van der Waals surface area (Å²) in [6.07, 6.45) is 5.66. The number of hydrogen-bond donors (Lipinski definition) is 3. The van der Waals surface area contributed by atoms with Gasteiger partial charge in [-0.1, -0.05) is 41.9 Å². The molecule has 0 aliphatic heterocycles. The molecule has 2 aromatic carbocycles. The fraction of sp³-hybridized carbons (Fsp3) is 0.360. The summed E-state index contributed by atoms with van der Waals surface area (Å²) in [5, 5.41) is 18.6. The Morgan fingerprint density at radius 1 is 1.06 bits per heavy atom. The summed E-state index contributed by atoms with van der Waals surface area (Å²) in [6.45, 7) is 0. The highest BCUT2D eigenvalue weighted by Crippen LogP contribution is 2.28. The summed E-state index contributed by atoms with van der Waals surface area (Å²) in [6, 6.07) is 18.1. The van der Waals surface area contributed by atoms with Crippen LogP contribution in [0.15, 0.2) is 60.8 Å². The average molecular weight is 438 g/mol. The van der Waals surface area contributed by atoms with Gasteiger partial charge in [0.15, 0.2) is 0 Å². The molecule has 1 fully saturated rings. The van der Waals surface area contributed by atoms with Crippen LogP contribution in [0.1, 0.15) is 37.7 Å². The number of aromatic nitrogens is 1. The van der Waals surface area contributed by atoms with Gasteiger partial charge in [0.05, 0.1) is 5.52 Å². The van der Waals surface area contributed by atoms with Crippen molar-refractivity contribution in [1.82, 2.24) is 10.3 Å². The predicted molar refractivity (Wildman–Crippen MR) is 125 cm³/mol. The SMILES string of the molecule is O=C(NC1CCC(Nc2ccnc3cc(Cl)ccc23)CC1)[C@H](O)CCc1ccccc1. The van der Waals surface area contributed by atoms with Crippen LogP contribution in [0.5, 0.6) is 0 Å². The van der Waals surface area contributed by atoms with Gasteiger partial charge in [-0.2, -0.15) is 0 Å². The zero-order chi connectivity index (χ0) is 21.6. The van der Waals surface area contributed by atoms with Gasteiger partial charge in [-0.15, -0.1) is 0 Å². The first kappa shape index (κ1) is 21.6. The second kappa shape index (κ2) is 10.1. The van der Waals surface area contributed by atoms with Crippen molar-refractivity contribution >= 4 is 34.1 Å². The van der Waals surface area contributed by atoms with Crippen LogP contribution < -0.4 is 10.6 Å². The number of aliphatic hydroxyl groups excluding tert-OH is 1. The minimum Gasteiger partial charge on any atom is -0.383 e. The molecule has 6 heteroatoms. The first-order valence-electron chi connectivity index (χ1n) is 10.9. The second-order valence-electron chi connectivity index (χ2n) is 8.26. The van der Waals surface area contributed by atoms with Crippen LogP contribution in [0.2, 0.25) is 5.02 Å². The van der Waals surface area contributed by atoms with Gasteiger partial charge >= 0.3 is 0 Å². The summed E-state index contributed by atoms with van der Waals surface area (Å²) in [7, 11) is 0. The fourth-order valence-corrected chi connectivity index (χ4v) is 4.39. The maximum Gasteiger partial charge on any atom is 0.249 e. The number of nitrogens with zero attached hydrogens (tertiary/aromatic N) is 1. The highest BCUT2D eigenvalue weighted by atomic mass is 35.5. The largest absolute Gasteiger partial charge is 0.383 e. The van der Waals surface area contributed by atoms with E-state index in [0.29, 0.717) is 23.9 Å². The Morgan fingerprint density at radius 2 is 1.81 bits per heavy atom. The molecule has 0 spiro atoms. The molecule has 1 saturated carbocycles. The molecule has 0 radical (unpaired) electrons. The molecule has 3 N–H and O–H groups in total. The van der Waals surface area contributed by atoms with Gasteiger partial charge in [-0.05, 0) is 68.4 Å². The zero-order valence-electron chi connectivity index (χ0n) is 17.4. The van der Waals surface area contributed by atoms with Crippen molar-refractivity contribution < 1.29 is 9.90 Å². The lowest BCUT2D eigenvalue weighted by atomic mass is 9.90. The van der Waals surface area contributed by atoms with E-state index in [4.69, 9.17) is 11.6 Å². The van der Waals surface area contributed by atoms with Crippen molar-refractivity contribution in [3.63, 3.8) is 0 Å². The van der Waals surface area contributed by atoms with Gasteiger partial charge in [0.2, 0.25) is 5.91 Å². The number of aliphatic hydroxyl groups is 1. The van der Waals surface area contributed by atoms with Gasteiger partial charge in [0.1, 0.15) is 6.10 Å². The van der Waals surface area contributed by atoms with E-state index in [1.165, 1.54) is 0 Å². The number of benzene rings is 2. The molecule has 1 atom stereocenters. The Balaban J connectivity index is 1.25. The molecule has 1 amide bonds. The minimum absolute atomic E-state index is 0.116. The van der Waals surface area contributed by atoms with Crippen LogP contribution in [0, 0.1) is 0 Å². The van der Waals surface area contributed by atoms with Crippen molar-refractivity contribution in [2.75, 3.05) is 5.32 Å². The molecule has 31 heavy (non-hydrogen) atoms. The topological polar surface area (TPSA) is 74.2 Å². The molecule has 0 unspecified atom stereocenters. The number of fused-ring (bicyclic) bond motifs is 1. The highest BCUT2D eigenvalue weighted by Gasteiger charge is 2.25. The number of nitrogens with one attached hydrogen (secondary N) is 2. The third-order valence-electron chi connectivity index (χ3n) is 5.99. The Labute approximate surface area is 187 Å². The van der Waals surface area contributed by atoms with Gasteiger partial charge in [-0.25, -0.2) is 0 Å². The number of halogens is 1. The first-order valence-corrected chi connectivity index (χ1v) is 11.3. The maximum atomic E-state index is 12.4. The second-order valence-corrected chi connectivity index (χ2v) is 8.70. The van der Waals surface area contributed by atoms with Crippen LogP contribution in [0.3, 0.4) is 0 Å². The molecule has 1 heterocycles. The summed E-state index contributed by atoms with van der Waals surface area (Å²) in [4.78, 5) is 16.8. The quantitative estimate of drug-likeness (QED) is 0.500. The lowest BCUT2D eigenvalue weighted by Gasteiger charge is -2.31. The van der Waals surface area contributed by atoms with Gasteiger partial charge in [-0.3, -0.25) is 9.78 Å². The van der Waals surface area contributed by atoms with Crippen LogP contribution in [-0.4, -0.2) is 34.2 Å². The summed E-state index contributed by atoms with van der Waals surface area (Å²) >= 11 is 6.08. The number of amides is 1. The molecular formula is C25H28ClN3O2. The lowest BCUT2D eigenvalue weighted by molar-refractivity contribution is -0.130. The summed E-state index contributed by atoms with van der Waals surface area (Å²) in [5.41, 5.74) is 3.07. The number of anilines is 1. The van der Waals surface area contributed by atoms with Gasteiger partial charge in [0.25, 0.3) is 0 Å². The number of pyridine rings is 1. The van der Waals surface area contributed by atoms with E-state index < -0.39 is 6.10 Å². The molecular weight excluding hydrogens is 410 g/mol. The fourth-order valence-electron chi connectivity index (χ4n) is 4.23. The zero-order valence-corrected chi connectivity index (χ0v) is 18.2. The molecule has 1 aliphatic rings. The molecule has 5 nitrogen and oxygen atoms in total. The number of carbonyl (C=O) groups excluding carboxylic acids is 1. The molecule has 3 aromatic rings. The van der Waals surface area contributed by atoms with Crippen LogP contribution in [-0.2, 0) is 11.2 Å². The van der Waals surface area contributed by atoms with E-state index in [1.54, 1.807) is 6.20 Å². The third kappa shape index (κ3) is 5.75.